The quantitative estimate of drug-likeness (QED) is 0.418. The average molecular weight is 418 g/mol. The molecule has 0 spiro atoms. The molecular weight excluding hydrogens is 396 g/mol. The minimum absolute atomic E-state index is 0.240. The highest BCUT2D eigenvalue weighted by Crippen LogP contribution is 2.17. The van der Waals surface area contributed by atoms with Crippen molar-refractivity contribution in [3.05, 3.63) is 56.2 Å². The largest absolute Gasteiger partial charge is 0.493 e. The number of nitrogens with zero attached hydrogens (tertiary/aromatic N) is 2. The van der Waals surface area contributed by atoms with Crippen LogP contribution in [0.4, 0.5) is 5.82 Å². The van der Waals surface area contributed by atoms with Crippen LogP contribution in [0.3, 0.4) is 0 Å². The molecule has 0 radical (unpaired) electrons. The van der Waals surface area contributed by atoms with Gasteiger partial charge in [-0.2, -0.15) is 0 Å². The van der Waals surface area contributed by atoms with Crippen LogP contribution >= 0.6 is 0 Å². The molecule has 0 aliphatic rings. The van der Waals surface area contributed by atoms with Gasteiger partial charge in [-0.05, 0) is 19.1 Å². The van der Waals surface area contributed by atoms with Crippen LogP contribution in [0.2, 0.25) is 0 Å². The molecule has 0 atom stereocenters. The predicted molar refractivity (Wildman–Crippen MR) is 107 cm³/mol. The van der Waals surface area contributed by atoms with E-state index in [1.54, 1.807) is 25.1 Å². The molecule has 1 aromatic carbocycles. The number of carbonyl (C=O) groups is 3. The molecule has 2 rings (SSSR count). The standard InChI is InChI=1S/C19H22N4O7/c1-4-29-13-8-6-5-7-11(13)17(26)21-9-14(25)30-10-12(24)15-16(20)22(2)19(28)23(3)18(15)27/h5-8H,4,9-10,20H2,1-3H3,(H,21,26). The van der Waals surface area contributed by atoms with E-state index < -0.39 is 47.6 Å². The van der Waals surface area contributed by atoms with Crippen molar-refractivity contribution in [1.82, 2.24) is 14.5 Å². The fraction of sp³-hybridized carbons (Fsp3) is 0.316. The Bertz CT molecular complexity index is 1100. The maximum Gasteiger partial charge on any atom is 0.332 e. The number of carbonyl (C=O) groups excluding carboxylic acids is 3. The molecule has 2 aromatic rings. The third-order valence-electron chi connectivity index (χ3n) is 4.18. The summed E-state index contributed by atoms with van der Waals surface area (Å²) in [6, 6.07) is 6.50. The van der Waals surface area contributed by atoms with E-state index >= 15 is 0 Å². The Kier molecular flexibility index (Phi) is 7.13. The number of hydrogen-bond acceptors (Lipinski definition) is 8. The molecule has 30 heavy (non-hydrogen) atoms. The fourth-order valence-electron chi connectivity index (χ4n) is 2.57. The van der Waals surface area contributed by atoms with Crippen LogP contribution in [-0.4, -0.2) is 46.6 Å². The molecule has 1 heterocycles. The molecule has 3 N–H and O–H groups in total. The van der Waals surface area contributed by atoms with Gasteiger partial charge in [0, 0.05) is 14.1 Å². The molecular formula is C19H22N4O7. The Morgan fingerprint density at radius 2 is 1.77 bits per heavy atom. The number of nitrogens with one attached hydrogen (secondary N) is 1. The lowest BCUT2D eigenvalue weighted by atomic mass is 10.2. The first kappa shape index (κ1) is 22.4. The summed E-state index contributed by atoms with van der Waals surface area (Å²) in [5, 5.41) is 2.37. The van der Waals surface area contributed by atoms with Gasteiger partial charge in [0.2, 0.25) is 5.78 Å². The van der Waals surface area contributed by atoms with Crippen LogP contribution in [0.1, 0.15) is 27.6 Å². The lowest BCUT2D eigenvalue weighted by molar-refractivity contribution is -0.141. The average Bonchev–Trinajstić information content (AvgIpc) is 2.74. The SMILES string of the molecule is CCOc1ccccc1C(=O)NCC(=O)OCC(=O)c1c(N)n(C)c(=O)n(C)c1=O. The molecule has 11 nitrogen and oxygen atoms in total. The van der Waals surface area contributed by atoms with Crippen molar-refractivity contribution in [2.24, 2.45) is 14.1 Å². The highest BCUT2D eigenvalue weighted by atomic mass is 16.5. The van der Waals surface area contributed by atoms with Gasteiger partial charge in [-0.25, -0.2) is 4.79 Å². The molecule has 160 valence electrons. The Labute approximate surface area is 171 Å². The van der Waals surface area contributed by atoms with E-state index in [1.807, 2.05) is 0 Å². The summed E-state index contributed by atoms with van der Waals surface area (Å²) < 4.78 is 11.8. The lowest BCUT2D eigenvalue weighted by Crippen LogP contribution is -2.42. The Morgan fingerprint density at radius 1 is 1.10 bits per heavy atom. The second kappa shape index (κ2) is 9.54. The van der Waals surface area contributed by atoms with Crippen LogP contribution in [0, 0.1) is 0 Å². The Hall–Kier alpha value is -3.89. The minimum atomic E-state index is -0.897. The molecule has 0 aliphatic carbocycles. The Balaban J connectivity index is 1.99. The van der Waals surface area contributed by atoms with Gasteiger partial charge in [0.1, 0.15) is 23.7 Å². The topological polar surface area (TPSA) is 152 Å². The van der Waals surface area contributed by atoms with E-state index in [4.69, 9.17) is 15.2 Å². The number of ketones is 1. The number of rotatable bonds is 8. The summed E-state index contributed by atoms with van der Waals surface area (Å²) in [6.45, 7) is 0.852. The van der Waals surface area contributed by atoms with Crippen LogP contribution in [-0.2, 0) is 23.6 Å². The van der Waals surface area contributed by atoms with Gasteiger partial charge in [-0.15, -0.1) is 0 Å². The van der Waals surface area contributed by atoms with Crippen molar-refractivity contribution in [1.29, 1.82) is 0 Å². The van der Waals surface area contributed by atoms with Gasteiger partial charge in [0.25, 0.3) is 11.5 Å². The Morgan fingerprint density at radius 3 is 2.43 bits per heavy atom. The molecule has 0 saturated carbocycles. The third-order valence-corrected chi connectivity index (χ3v) is 4.18. The van der Waals surface area contributed by atoms with Crippen molar-refractivity contribution in [2.75, 3.05) is 25.5 Å². The molecule has 0 aliphatic heterocycles. The summed E-state index contributed by atoms with van der Waals surface area (Å²) in [4.78, 5) is 60.4. The minimum Gasteiger partial charge on any atom is -0.493 e. The lowest BCUT2D eigenvalue weighted by Gasteiger charge is -2.11. The van der Waals surface area contributed by atoms with Crippen molar-refractivity contribution in [2.45, 2.75) is 6.92 Å². The van der Waals surface area contributed by atoms with Crippen molar-refractivity contribution < 1.29 is 23.9 Å². The van der Waals surface area contributed by atoms with Crippen LogP contribution < -0.4 is 27.0 Å². The summed E-state index contributed by atoms with van der Waals surface area (Å²) in [7, 11) is 2.50. The van der Waals surface area contributed by atoms with Crippen molar-refractivity contribution >= 4 is 23.5 Å². The molecule has 0 saturated heterocycles. The van der Waals surface area contributed by atoms with E-state index in [2.05, 4.69) is 5.32 Å². The van der Waals surface area contributed by atoms with E-state index in [1.165, 1.54) is 20.2 Å². The van der Waals surface area contributed by atoms with Crippen molar-refractivity contribution in [3.8, 4) is 5.75 Å². The zero-order valence-corrected chi connectivity index (χ0v) is 16.8. The first-order valence-corrected chi connectivity index (χ1v) is 8.93. The van der Waals surface area contributed by atoms with Gasteiger partial charge in [0.15, 0.2) is 6.61 Å². The van der Waals surface area contributed by atoms with Crippen LogP contribution in [0.25, 0.3) is 0 Å². The number of nitrogen functional groups attached to an aromatic ring is 1. The molecule has 0 unspecified atom stereocenters. The van der Waals surface area contributed by atoms with Crippen LogP contribution in [0.5, 0.6) is 5.75 Å². The second-order valence-electron chi connectivity index (χ2n) is 6.16. The molecule has 1 amide bonds. The zero-order chi connectivity index (χ0) is 22.4. The number of benzene rings is 1. The number of ether oxygens (including phenoxy) is 2. The van der Waals surface area contributed by atoms with Crippen molar-refractivity contribution in [3.63, 3.8) is 0 Å². The number of anilines is 1. The van der Waals surface area contributed by atoms with E-state index in [9.17, 15) is 24.0 Å². The highest BCUT2D eigenvalue weighted by molar-refractivity contribution is 6.02. The highest BCUT2D eigenvalue weighted by Gasteiger charge is 2.21. The van der Waals surface area contributed by atoms with Gasteiger partial charge in [-0.3, -0.25) is 28.3 Å². The zero-order valence-electron chi connectivity index (χ0n) is 16.8. The summed E-state index contributed by atoms with van der Waals surface area (Å²) in [5.41, 5.74) is 3.88. The number of hydrogen-bond donors (Lipinski definition) is 2. The number of Topliss-reactive ketones (excluding diaryl/α,β-unsaturated/α-hetero) is 1. The van der Waals surface area contributed by atoms with E-state index in [-0.39, 0.29) is 11.4 Å². The number of esters is 1. The number of para-hydroxylation sites is 1. The van der Waals surface area contributed by atoms with E-state index in [0.717, 1.165) is 9.13 Å². The number of amides is 1. The summed E-state index contributed by atoms with van der Waals surface area (Å²) in [5.74, 6) is -2.29. The molecule has 1 aromatic heterocycles. The molecule has 0 fully saturated rings. The number of aromatic nitrogens is 2. The second-order valence-corrected chi connectivity index (χ2v) is 6.16. The van der Waals surface area contributed by atoms with E-state index in [0.29, 0.717) is 12.4 Å². The first-order chi connectivity index (χ1) is 14.2. The number of nitrogens with two attached hydrogens (primary N) is 1. The monoisotopic (exact) mass is 418 g/mol. The smallest absolute Gasteiger partial charge is 0.332 e. The summed E-state index contributed by atoms with van der Waals surface area (Å²) in [6.07, 6.45) is 0. The first-order valence-electron chi connectivity index (χ1n) is 8.93. The van der Waals surface area contributed by atoms with Gasteiger partial charge < -0.3 is 20.5 Å². The van der Waals surface area contributed by atoms with Gasteiger partial charge >= 0.3 is 11.7 Å². The normalized spacial score (nSPS) is 10.4. The van der Waals surface area contributed by atoms with Gasteiger partial charge in [-0.1, -0.05) is 12.1 Å². The third kappa shape index (κ3) is 4.74. The predicted octanol–water partition coefficient (Wildman–Crippen LogP) is -0.779. The van der Waals surface area contributed by atoms with Crippen LogP contribution in [0.15, 0.2) is 33.9 Å². The summed E-state index contributed by atoms with van der Waals surface area (Å²) >= 11 is 0. The maximum absolute atomic E-state index is 12.3. The van der Waals surface area contributed by atoms with Gasteiger partial charge in [0.05, 0.1) is 12.2 Å². The maximum atomic E-state index is 12.3. The molecule has 11 heteroatoms. The fourth-order valence-corrected chi connectivity index (χ4v) is 2.57. The molecule has 0 bridgehead atoms.